The topological polar surface area (TPSA) is 47.6 Å². The highest BCUT2D eigenvalue weighted by Gasteiger charge is 2.39. The minimum Gasteiger partial charge on any atom is -0.493 e. The second-order valence-electron chi connectivity index (χ2n) is 5.16. The Labute approximate surface area is 114 Å². The van der Waals surface area contributed by atoms with Gasteiger partial charge in [0.15, 0.2) is 11.5 Å². The predicted octanol–water partition coefficient (Wildman–Crippen LogP) is 2.54. The molecule has 1 amide bonds. The van der Waals surface area contributed by atoms with Gasteiger partial charge in [0.25, 0.3) is 0 Å². The Morgan fingerprint density at radius 1 is 1.32 bits per heavy atom. The van der Waals surface area contributed by atoms with Crippen molar-refractivity contribution in [3.8, 4) is 11.5 Å². The maximum Gasteiger partial charge on any atom is 0.223 e. The number of hydrogen-bond acceptors (Lipinski definition) is 3. The van der Waals surface area contributed by atoms with E-state index in [1.54, 1.807) is 14.2 Å². The van der Waals surface area contributed by atoms with Crippen molar-refractivity contribution in [1.82, 2.24) is 5.32 Å². The van der Waals surface area contributed by atoms with Crippen molar-refractivity contribution in [2.45, 2.75) is 26.3 Å². The fourth-order valence-electron chi connectivity index (χ4n) is 2.21. The lowest BCUT2D eigenvalue weighted by Crippen LogP contribution is -2.28. The summed E-state index contributed by atoms with van der Waals surface area (Å²) >= 11 is 0. The van der Waals surface area contributed by atoms with E-state index in [4.69, 9.17) is 9.47 Å². The lowest BCUT2D eigenvalue weighted by molar-refractivity contribution is -0.123. The molecule has 0 heterocycles. The van der Waals surface area contributed by atoms with Crippen LogP contribution in [0, 0.1) is 11.8 Å². The fourth-order valence-corrected chi connectivity index (χ4v) is 2.21. The number of ether oxygens (including phenoxy) is 2. The molecule has 1 aliphatic rings. The van der Waals surface area contributed by atoms with Crippen molar-refractivity contribution in [3.63, 3.8) is 0 Å². The van der Waals surface area contributed by atoms with Crippen molar-refractivity contribution in [1.29, 1.82) is 0 Å². The van der Waals surface area contributed by atoms with E-state index in [1.165, 1.54) is 0 Å². The third-order valence-electron chi connectivity index (χ3n) is 3.71. The zero-order valence-corrected chi connectivity index (χ0v) is 11.9. The van der Waals surface area contributed by atoms with Gasteiger partial charge >= 0.3 is 0 Å². The Hall–Kier alpha value is -1.71. The normalized spacial score (nSPS) is 22.5. The SMILES string of the molecule is COc1ccc([C@H](C)NC(=O)[C@H]2C[C@H]2C)cc1OC. The lowest BCUT2D eigenvalue weighted by Gasteiger charge is -2.16. The summed E-state index contributed by atoms with van der Waals surface area (Å²) in [6, 6.07) is 5.68. The smallest absolute Gasteiger partial charge is 0.223 e. The van der Waals surface area contributed by atoms with Crippen LogP contribution in [0.3, 0.4) is 0 Å². The van der Waals surface area contributed by atoms with Gasteiger partial charge < -0.3 is 14.8 Å². The Bertz CT molecular complexity index is 472. The van der Waals surface area contributed by atoms with Gasteiger partial charge in [-0.3, -0.25) is 4.79 Å². The average molecular weight is 263 g/mol. The number of carbonyl (C=O) groups is 1. The Morgan fingerprint density at radius 3 is 2.47 bits per heavy atom. The van der Waals surface area contributed by atoms with Crippen LogP contribution in [0.15, 0.2) is 18.2 Å². The first-order valence-corrected chi connectivity index (χ1v) is 6.59. The largest absolute Gasteiger partial charge is 0.493 e. The molecule has 1 aromatic rings. The zero-order chi connectivity index (χ0) is 14.0. The quantitative estimate of drug-likeness (QED) is 0.888. The molecule has 19 heavy (non-hydrogen) atoms. The summed E-state index contributed by atoms with van der Waals surface area (Å²) in [5.74, 6) is 2.25. The summed E-state index contributed by atoms with van der Waals surface area (Å²) in [4.78, 5) is 11.9. The van der Waals surface area contributed by atoms with E-state index in [1.807, 2.05) is 25.1 Å². The number of hydrogen-bond donors (Lipinski definition) is 1. The molecule has 4 heteroatoms. The van der Waals surface area contributed by atoms with Gasteiger partial charge in [-0.2, -0.15) is 0 Å². The monoisotopic (exact) mass is 263 g/mol. The molecular weight excluding hydrogens is 242 g/mol. The molecule has 1 aliphatic carbocycles. The van der Waals surface area contributed by atoms with Crippen molar-refractivity contribution in [2.75, 3.05) is 14.2 Å². The minimum atomic E-state index is -0.0277. The molecule has 4 nitrogen and oxygen atoms in total. The van der Waals surface area contributed by atoms with Gasteiger partial charge in [0, 0.05) is 5.92 Å². The van der Waals surface area contributed by atoms with Crippen molar-refractivity contribution in [3.05, 3.63) is 23.8 Å². The third kappa shape index (κ3) is 3.00. The molecule has 0 bridgehead atoms. The van der Waals surface area contributed by atoms with Crippen LogP contribution in [0.25, 0.3) is 0 Å². The van der Waals surface area contributed by atoms with Crippen LogP contribution in [0.2, 0.25) is 0 Å². The second kappa shape index (κ2) is 5.51. The number of nitrogens with one attached hydrogen (secondary N) is 1. The molecule has 0 radical (unpaired) electrons. The Balaban J connectivity index is 2.06. The highest BCUT2D eigenvalue weighted by atomic mass is 16.5. The molecule has 1 N–H and O–H groups in total. The maximum atomic E-state index is 11.9. The highest BCUT2D eigenvalue weighted by molar-refractivity contribution is 5.81. The van der Waals surface area contributed by atoms with Crippen LogP contribution in [0.1, 0.15) is 31.9 Å². The number of carbonyl (C=O) groups excluding carboxylic acids is 1. The molecule has 0 saturated heterocycles. The molecule has 1 aromatic carbocycles. The summed E-state index contributed by atoms with van der Waals surface area (Å²) in [6.07, 6.45) is 1.00. The van der Waals surface area contributed by atoms with E-state index in [-0.39, 0.29) is 17.9 Å². The Morgan fingerprint density at radius 2 is 1.95 bits per heavy atom. The van der Waals surface area contributed by atoms with E-state index in [0.717, 1.165) is 12.0 Å². The van der Waals surface area contributed by atoms with Crippen molar-refractivity contribution >= 4 is 5.91 Å². The fraction of sp³-hybridized carbons (Fsp3) is 0.533. The van der Waals surface area contributed by atoms with Gasteiger partial charge in [-0.25, -0.2) is 0 Å². The summed E-state index contributed by atoms with van der Waals surface area (Å²) in [7, 11) is 3.22. The Kier molecular flexibility index (Phi) is 3.98. The summed E-state index contributed by atoms with van der Waals surface area (Å²) in [6.45, 7) is 4.08. The number of methoxy groups -OCH3 is 2. The van der Waals surface area contributed by atoms with Crippen molar-refractivity contribution < 1.29 is 14.3 Å². The molecule has 0 aromatic heterocycles. The molecule has 2 rings (SSSR count). The average Bonchev–Trinajstić information content (AvgIpc) is 3.15. The van der Waals surface area contributed by atoms with E-state index in [0.29, 0.717) is 17.4 Å². The van der Waals surface area contributed by atoms with Gasteiger partial charge in [0.2, 0.25) is 5.91 Å². The van der Waals surface area contributed by atoms with Gasteiger partial charge in [0.05, 0.1) is 20.3 Å². The van der Waals surface area contributed by atoms with E-state index in [2.05, 4.69) is 12.2 Å². The third-order valence-corrected chi connectivity index (χ3v) is 3.71. The van der Waals surface area contributed by atoms with Crippen LogP contribution in [-0.2, 0) is 4.79 Å². The van der Waals surface area contributed by atoms with Crippen LogP contribution >= 0.6 is 0 Å². The first-order valence-electron chi connectivity index (χ1n) is 6.59. The van der Waals surface area contributed by atoms with E-state index >= 15 is 0 Å². The predicted molar refractivity (Wildman–Crippen MR) is 73.4 cm³/mol. The number of amides is 1. The summed E-state index contributed by atoms with van der Waals surface area (Å²) < 4.78 is 10.5. The summed E-state index contributed by atoms with van der Waals surface area (Å²) in [5.41, 5.74) is 1.01. The first-order chi connectivity index (χ1) is 9.06. The van der Waals surface area contributed by atoms with Gasteiger partial charge in [-0.15, -0.1) is 0 Å². The van der Waals surface area contributed by atoms with Crippen LogP contribution in [0.5, 0.6) is 11.5 Å². The van der Waals surface area contributed by atoms with Gasteiger partial charge in [0.1, 0.15) is 0 Å². The maximum absolute atomic E-state index is 11.9. The van der Waals surface area contributed by atoms with Crippen LogP contribution < -0.4 is 14.8 Å². The molecular formula is C15H21NO3. The molecule has 1 saturated carbocycles. The molecule has 1 fully saturated rings. The van der Waals surface area contributed by atoms with Crippen LogP contribution in [0.4, 0.5) is 0 Å². The minimum absolute atomic E-state index is 0.0277. The highest BCUT2D eigenvalue weighted by Crippen LogP contribution is 2.38. The molecule has 0 spiro atoms. The van der Waals surface area contributed by atoms with Gasteiger partial charge in [-0.05, 0) is 37.0 Å². The molecule has 104 valence electrons. The van der Waals surface area contributed by atoms with Gasteiger partial charge in [-0.1, -0.05) is 13.0 Å². The summed E-state index contributed by atoms with van der Waals surface area (Å²) in [5, 5.41) is 3.04. The van der Waals surface area contributed by atoms with E-state index in [9.17, 15) is 4.79 Å². The van der Waals surface area contributed by atoms with E-state index < -0.39 is 0 Å². The first kappa shape index (κ1) is 13.7. The lowest BCUT2D eigenvalue weighted by atomic mass is 10.1. The van der Waals surface area contributed by atoms with Crippen molar-refractivity contribution in [2.24, 2.45) is 11.8 Å². The zero-order valence-electron chi connectivity index (χ0n) is 11.9. The number of rotatable bonds is 5. The molecule has 3 atom stereocenters. The van der Waals surface area contributed by atoms with Crippen LogP contribution in [-0.4, -0.2) is 20.1 Å². The second-order valence-corrected chi connectivity index (χ2v) is 5.16. The molecule has 0 unspecified atom stereocenters. The number of benzene rings is 1. The molecule has 0 aliphatic heterocycles. The standard InChI is InChI=1S/C15H21NO3/c1-9-7-12(9)15(17)16-10(2)11-5-6-13(18-3)14(8-11)19-4/h5-6,8-10,12H,7H2,1-4H3,(H,16,17)/t9-,10+,12+/m1/s1.